The molecule has 0 saturated heterocycles. The maximum Gasteiger partial charge on any atom is 0.254 e. The van der Waals surface area contributed by atoms with Crippen molar-refractivity contribution in [1.82, 2.24) is 0 Å². The van der Waals surface area contributed by atoms with Gasteiger partial charge in [0.05, 0.1) is 10.7 Å². The fourth-order valence-electron chi connectivity index (χ4n) is 4.48. The molecule has 3 aromatic carbocycles. The normalized spacial score (nSPS) is 14.7. The maximum atomic E-state index is 13.6. The monoisotopic (exact) mass is 513 g/mol. The zero-order valence-electron chi connectivity index (χ0n) is 19.8. The van der Waals surface area contributed by atoms with Crippen LogP contribution in [0.15, 0.2) is 90.1 Å². The molecule has 2 heterocycles. The average Bonchev–Trinajstić information content (AvgIpc) is 3.19. The van der Waals surface area contributed by atoms with E-state index in [1.165, 1.54) is 11.3 Å². The standard InChI is InChI=1S/C29H24ClN3O2S/c1-16-12-14-18(15-13-16)26(34)27-25(31)24-23(20-10-6-7-11-21(20)30)22(17(2)32-29(24)36-27)28(35)33-19-8-4-3-5-9-19/h3-15,23,32H,31H2,1-2H3,(H,33,35). The number of hydrogen-bond donors (Lipinski definition) is 3. The van der Waals surface area contributed by atoms with E-state index in [-0.39, 0.29) is 11.7 Å². The minimum Gasteiger partial charge on any atom is -0.397 e. The van der Waals surface area contributed by atoms with Crippen LogP contribution in [0, 0.1) is 6.92 Å². The molecule has 0 fully saturated rings. The van der Waals surface area contributed by atoms with Crippen LogP contribution in [0.4, 0.5) is 16.4 Å². The van der Waals surface area contributed by atoms with Crippen molar-refractivity contribution in [3.63, 3.8) is 0 Å². The molecule has 0 bridgehead atoms. The van der Waals surface area contributed by atoms with Gasteiger partial charge in [-0.25, -0.2) is 0 Å². The van der Waals surface area contributed by atoms with Crippen LogP contribution in [0.2, 0.25) is 5.02 Å². The van der Waals surface area contributed by atoms with Crippen LogP contribution in [0.5, 0.6) is 0 Å². The van der Waals surface area contributed by atoms with E-state index in [2.05, 4.69) is 10.6 Å². The zero-order valence-corrected chi connectivity index (χ0v) is 21.3. The number of hydrogen-bond acceptors (Lipinski definition) is 5. The van der Waals surface area contributed by atoms with E-state index in [1.54, 1.807) is 18.2 Å². The number of halogens is 1. The Morgan fingerprint density at radius 2 is 1.61 bits per heavy atom. The predicted octanol–water partition coefficient (Wildman–Crippen LogP) is 6.99. The molecular weight excluding hydrogens is 490 g/mol. The molecule has 0 spiro atoms. The largest absolute Gasteiger partial charge is 0.397 e. The molecule has 1 amide bonds. The molecule has 7 heteroatoms. The lowest BCUT2D eigenvalue weighted by atomic mass is 9.81. The van der Waals surface area contributed by atoms with Gasteiger partial charge in [-0.1, -0.05) is 77.8 Å². The maximum absolute atomic E-state index is 13.6. The highest BCUT2D eigenvalue weighted by molar-refractivity contribution is 7.19. The van der Waals surface area contributed by atoms with Gasteiger partial charge in [-0.05, 0) is 37.6 Å². The number of nitrogen functional groups attached to an aromatic ring is 1. The smallest absolute Gasteiger partial charge is 0.254 e. The van der Waals surface area contributed by atoms with Crippen molar-refractivity contribution >= 4 is 51.0 Å². The summed E-state index contributed by atoms with van der Waals surface area (Å²) in [5.41, 5.74) is 12.0. The first kappa shape index (κ1) is 23.9. The number of carbonyl (C=O) groups excluding carboxylic acids is 2. The summed E-state index contributed by atoms with van der Waals surface area (Å²) in [5, 5.41) is 7.58. The van der Waals surface area contributed by atoms with Gasteiger partial charge in [-0.15, -0.1) is 11.3 Å². The highest BCUT2D eigenvalue weighted by Crippen LogP contribution is 2.51. The number of amides is 1. The van der Waals surface area contributed by atoms with Gasteiger partial charge < -0.3 is 16.4 Å². The summed E-state index contributed by atoms with van der Waals surface area (Å²) in [6.07, 6.45) is 0. The third kappa shape index (κ3) is 4.30. The summed E-state index contributed by atoms with van der Waals surface area (Å²) in [7, 11) is 0. The summed E-state index contributed by atoms with van der Waals surface area (Å²) in [6, 6.07) is 24.1. The van der Waals surface area contributed by atoms with Crippen LogP contribution in [-0.2, 0) is 4.79 Å². The number of carbonyl (C=O) groups is 2. The molecule has 4 N–H and O–H groups in total. The summed E-state index contributed by atoms with van der Waals surface area (Å²) in [4.78, 5) is 27.5. The summed E-state index contributed by atoms with van der Waals surface area (Å²) < 4.78 is 0. The number of fused-ring (bicyclic) bond motifs is 1. The highest BCUT2D eigenvalue weighted by Gasteiger charge is 2.38. The minimum atomic E-state index is -0.547. The van der Waals surface area contributed by atoms with E-state index in [9.17, 15) is 9.59 Å². The Hall–Kier alpha value is -3.87. The summed E-state index contributed by atoms with van der Waals surface area (Å²) in [6.45, 7) is 3.82. The molecule has 0 radical (unpaired) electrons. The van der Waals surface area contributed by atoms with Crippen LogP contribution < -0.4 is 16.4 Å². The Bertz CT molecular complexity index is 1510. The van der Waals surface area contributed by atoms with Gasteiger partial charge in [0.15, 0.2) is 0 Å². The summed E-state index contributed by atoms with van der Waals surface area (Å²) >= 11 is 7.96. The number of nitrogens with one attached hydrogen (secondary N) is 2. The first-order chi connectivity index (χ1) is 17.3. The van der Waals surface area contributed by atoms with Crippen molar-refractivity contribution in [3.8, 4) is 0 Å². The van der Waals surface area contributed by atoms with Crippen molar-refractivity contribution in [2.75, 3.05) is 16.4 Å². The molecule has 1 aliphatic rings. The third-order valence-corrected chi connectivity index (χ3v) is 7.76. The van der Waals surface area contributed by atoms with E-state index >= 15 is 0 Å². The second-order valence-electron chi connectivity index (χ2n) is 8.72. The lowest BCUT2D eigenvalue weighted by Gasteiger charge is -2.29. The number of ketones is 1. The molecule has 36 heavy (non-hydrogen) atoms. The van der Waals surface area contributed by atoms with Gasteiger partial charge in [0.2, 0.25) is 5.78 Å². The zero-order chi connectivity index (χ0) is 25.4. The number of rotatable bonds is 5. The number of thiophene rings is 1. The first-order valence-corrected chi connectivity index (χ1v) is 12.7. The van der Waals surface area contributed by atoms with Crippen LogP contribution >= 0.6 is 22.9 Å². The van der Waals surface area contributed by atoms with Gasteiger partial charge in [0, 0.05) is 39.0 Å². The topological polar surface area (TPSA) is 84.2 Å². The van der Waals surface area contributed by atoms with E-state index < -0.39 is 5.92 Å². The van der Waals surface area contributed by atoms with Gasteiger partial charge in [0.1, 0.15) is 4.88 Å². The molecule has 5 rings (SSSR count). The van der Waals surface area contributed by atoms with Crippen LogP contribution in [0.25, 0.3) is 0 Å². The first-order valence-electron chi connectivity index (χ1n) is 11.5. The molecule has 0 aliphatic carbocycles. The number of para-hydroxylation sites is 1. The third-order valence-electron chi connectivity index (χ3n) is 6.28. The van der Waals surface area contributed by atoms with Crippen LogP contribution in [0.1, 0.15) is 44.8 Å². The van der Waals surface area contributed by atoms with Crippen molar-refractivity contribution < 1.29 is 9.59 Å². The van der Waals surface area contributed by atoms with Gasteiger partial charge in [-0.2, -0.15) is 0 Å². The molecule has 180 valence electrons. The number of allylic oxidation sites excluding steroid dienone is 1. The lowest BCUT2D eigenvalue weighted by molar-refractivity contribution is -0.113. The molecule has 1 aliphatic heterocycles. The molecule has 5 nitrogen and oxygen atoms in total. The fraction of sp³-hybridized carbons (Fsp3) is 0.103. The number of anilines is 3. The highest BCUT2D eigenvalue weighted by atomic mass is 35.5. The molecule has 1 aromatic heterocycles. The Morgan fingerprint density at radius 3 is 2.31 bits per heavy atom. The number of benzene rings is 3. The van der Waals surface area contributed by atoms with Crippen molar-refractivity contribution in [3.05, 3.63) is 122 Å². The SMILES string of the molecule is CC1=C(C(=O)Nc2ccccc2)C(c2ccccc2Cl)c2c(sc(C(=O)c3ccc(C)cc3)c2N)N1. The Kier molecular flexibility index (Phi) is 6.39. The van der Waals surface area contributed by atoms with Gasteiger partial charge >= 0.3 is 0 Å². The van der Waals surface area contributed by atoms with Crippen molar-refractivity contribution in [1.29, 1.82) is 0 Å². The quantitative estimate of drug-likeness (QED) is 0.251. The summed E-state index contributed by atoms with van der Waals surface area (Å²) in [5.74, 6) is -0.965. The molecule has 1 unspecified atom stereocenters. The van der Waals surface area contributed by atoms with Crippen molar-refractivity contribution in [2.24, 2.45) is 0 Å². The van der Waals surface area contributed by atoms with Crippen molar-refractivity contribution in [2.45, 2.75) is 19.8 Å². The average molecular weight is 514 g/mol. The number of nitrogens with two attached hydrogens (primary N) is 1. The Balaban J connectivity index is 1.64. The Morgan fingerprint density at radius 1 is 0.944 bits per heavy atom. The van der Waals surface area contributed by atoms with E-state index in [0.29, 0.717) is 43.7 Å². The van der Waals surface area contributed by atoms with E-state index in [0.717, 1.165) is 16.1 Å². The molecule has 1 atom stereocenters. The fourth-order valence-corrected chi connectivity index (χ4v) is 5.90. The Labute approximate surface area is 218 Å². The van der Waals surface area contributed by atoms with Gasteiger partial charge in [0.25, 0.3) is 5.91 Å². The molecule has 0 saturated carbocycles. The van der Waals surface area contributed by atoms with Crippen LogP contribution in [-0.4, -0.2) is 11.7 Å². The molecule has 4 aromatic rings. The van der Waals surface area contributed by atoms with Crippen LogP contribution in [0.3, 0.4) is 0 Å². The predicted molar refractivity (Wildman–Crippen MR) is 148 cm³/mol. The van der Waals surface area contributed by atoms with E-state index in [4.69, 9.17) is 17.3 Å². The van der Waals surface area contributed by atoms with Gasteiger partial charge in [-0.3, -0.25) is 9.59 Å². The minimum absolute atomic E-state index is 0.153. The van der Waals surface area contributed by atoms with E-state index in [1.807, 2.05) is 74.5 Å². The lowest BCUT2D eigenvalue weighted by Crippen LogP contribution is -2.27. The number of aryl methyl sites for hydroxylation is 1. The molecular formula is C29H24ClN3O2S. The second-order valence-corrected chi connectivity index (χ2v) is 10.1. The second kappa shape index (κ2) is 9.64.